The minimum atomic E-state index is -0.960. The quantitative estimate of drug-likeness (QED) is 0.209. The number of benzene rings is 4. The van der Waals surface area contributed by atoms with Crippen LogP contribution in [0.3, 0.4) is 0 Å². The fourth-order valence-corrected chi connectivity index (χ4v) is 3.95. The number of Topliss-reactive ketones (excluding diaryl/α,β-unsaturated/α-hetero) is 1. The molecule has 4 aromatic rings. The average Bonchev–Trinajstić information content (AvgIpc) is 2.82. The average molecular weight is 413 g/mol. The third-order valence-electron chi connectivity index (χ3n) is 4.73. The second-order valence-electron chi connectivity index (χ2n) is 6.81. The van der Waals surface area contributed by atoms with Gasteiger partial charge in [0.2, 0.25) is 5.78 Å². The minimum absolute atomic E-state index is 0.129. The standard InChI is InChI=1S/C26H20O3S/c27-24(18-30-23-16-15-19-9-7-8-14-22(19)17-23)29-26(21-12-5-2-6-13-21)25(28)20-10-3-1-4-11-20/h1-17,26H,18H2/t26-/m1/s1. The van der Waals surface area contributed by atoms with E-state index in [0.29, 0.717) is 11.1 Å². The van der Waals surface area contributed by atoms with E-state index in [9.17, 15) is 9.59 Å². The van der Waals surface area contributed by atoms with Crippen molar-refractivity contribution in [2.24, 2.45) is 0 Å². The number of ether oxygens (including phenoxy) is 1. The largest absolute Gasteiger partial charge is 0.448 e. The molecule has 4 heteroatoms. The highest BCUT2D eigenvalue weighted by Crippen LogP contribution is 2.26. The Morgan fingerprint density at radius 2 is 1.37 bits per heavy atom. The van der Waals surface area contributed by atoms with Crippen LogP contribution in [0.1, 0.15) is 22.0 Å². The summed E-state index contributed by atoms with van der Waals surface area (Å²) in [5.74, 6) is -0.527. The van der Waals surface area contributed by atoms with Gasteiger partial charge in [0.05, 0.1) is 5.75 Å². The Labute approximate surface area is 179 Å². The van der Waals surface area contributed by atoms with Gasteiger partial charge in [-0.1, -0.05) is 91.0 Å². The first-order chi connectivity index (χ1) is 14.7. The van der Waals surface area contributed by atoms with Gasteiger partial charge in [-0.15, -0.1) is 11.8 Å². The number of carbonyl (C=O) groups is 2. The summed E-state index contributed by atoms with van der Waals surface area (Å²) in [6, 6.07) is 32.2. The smallest absolute Gasteiger partial charge is 0.317 e. The summed E-state index contributed by atoms with van der Waals surface area (Å²) in [6.07, 6.45) is -0.960. The molecule has 0 aliphatic heterocycles. The molecule has 148 valence electrons. The second kappa shape index (κ2) is 9.42. The maximum absolute atomic E-state index is 13.0. The van der Waals surface area contributed by atoms with E-state index in [1.807, 2.05) is 54.6 Å². The van der Waals surface area contributed by atoms with Gasteiger partial charge in [0, 0.05) is 16.0 Å². The van der Waals surface area contributed by atoms with Crippen LogP contribution in [0.5, 0.6) is 0 Å². The molecule has 0 heterocycles. The van der Waals surface area contributed by atoms with Gasteiger partial charge in [-0.25, -0.2) is 0 Å². The van der Waals surface area contributed by atoms with E-state index >= 15 is 0 Å². The van der Waals surface area contributed by atoms with Crippen molar-refractivity contribution >= 4 is 34.3 Å². The molecule has 0 saturated carbocycles. The molecule has 0 aliphatic rings. The highest BCUT2D eigenvalue weighted by atomic mass is 32.2. The monoisotopic (exact) mass is 412 g/mol. The van der Waals surface area contributed by atoms with Crippen LogP contribution >= 0.6 is 11.8 Å². The zero-order valence-corrected chi connectivity index (χ0v) is 17.0. The lowest BCUT2D eigenvalue weighted by Crippen LogP contribution is -2.21. The molecular formula is C26H20O3S. The normalized spacial score (nSPS) is 11.7. The number of hydrogen-bond donors (Lipinski definition) is 0. The number of esters is 1. The first-order valence-corrected chi connectivity index (χ1v) is 10.6. The summed E-state index contributed by atoms with van der Waals surface area (Å²) >= 11 is 1.40. The summed E-state index contributed by atoms with van der Waals surface area (Å²) in [7, 11) is 0. The van der Waals surface area contributed by atoms with Crippen molar-refractivity contribution in [1.82, 2.24) is 0 Å². The fourth-order valence-electron chi connectivity index (χ4n) is 3.22. The molecule has 0 aliphatic carbocycles. The molecule has 1 atom stereocenters. The SMILES string of the molecule is O=C(CSc1ccc2ccccc2c1)O[C@@H](C(=O)c1ccccc1)c1ccccc1. The molecular weight excluding hydrogens is 392 g/mol. The van der Waals surface area contributed by atoms with E-state index in [1.165, 1.54) is 11.8 Å². The lowest BCUT2D eigenvalue weighted by atomic mass is 10.00. The molecule has 0 unspecified atom stereocenters. The van der Waals surface area contributed by atoms with E-state index in [-0.39, 0.29) is 11.5 Å². The number of fused-ring (bicyclic) bond motifs is 1. The van der Waals surface area contributed by atoms with Crippen LogP contribution in [-0.4, -0.2) is 17.5 Å². The molecule has 4 aromatic carbocycles. The lowest BCUT2D eigenvalue weighted by molar-refractivity contribution is -0.144. The van der Waals surface area contributed by atoms with Crippen molar-refractivity contribution in [2.75, 3.05) is 5.75 Å². The second-order valence-corrected chi connectivity index (χ2v) is 7.86. The Balaban J connectivity index is 1.48. The van der Waals surface area contributed by atoms with Crippen molar-refractivity contribution in [3.8, 4) is 0 Å². The molecule has 3 nitrogen and oxygen atoms in total. The van der Waals surface area contributed by atoms with Crippen molar-refractivity contribution < 1.29 is 14.3 Å². The van der Waals surface area contributed by atoms with E-state index in [0.717, 1.165) is 15.7 Å². The van der Waals surface area contributed by atoms with Crippen LogP contribution in [0.15, 0.2) is 108 Å². The highest BCUT2D eigenvalue weighted by Gasteiger charge is 2.26. The van der Waals surface area contributed by atoms with Gasteiger partial charge in [-0.05, 0) is 22.9 Å². The zero-order chi connectivity index (χ0) is 20.8. The predicted octanol–water partition coefficient (Wildman–Crippen LogP) is 6.10. The van der Waals surface area contributed by atoms with Gasteiger partial charge in [-0.3, -0.25) is 9.59 Å². The predicted molar refractivity (Wildman–Crippen MR) is 121 cm³/mol. The maximum atomic E-state index is 13.0. The molecule has 0 radical (unpaired) electrons. The summed E-state index contributed by atoms with van der Waals surface area (Å²) in [5.41, 5.74) is 1.18. The molecule has 0 fully saturated rings. The topological polar surface area (TPSA) is 43.4 Å². The Morgan fingerprint density at radius 1 is 0.733 bits per heavy atom. The Morgan fingerprint density at radius 3 is 2.10 bits per heavy atom. The molecule has 0 saturated heterocycles. The van der Waals surface area contributed by atoms with Gasteiger partial charge in [-0.2, -0.15) is 0 Å². The minimum Gasteiger partial charge on any atom is -0.448 e. The van der Waals surface area contributed by atoms with E-state index in [2.05, 4.69) is 12.1 Å². The fraction of sp³-hybridized carbons (Fsp3) is 0.0769. The molecule has 0 aromatic heterocycles. The number of hydrogen-bond acceptors (Lipinski definition) is 4. The van der Waals surface area contributed by atoms with E-state index in [1.54, 1.807) is 36.4 Å². The lowest BCUT2D eigenvalue weighted by Gasteiger charge is -2.17. The van der Waals surface area contributed by atoms with Crippen molar-refractivity contribution in [1.29, 1.82) is 0 Å². The van der Waals surface area contributed by atoms with Crippen LogP contribution in [-0.2, 0) is 9.53 Å². The number of ketones is 1. The zero-order valence-electron chi connectivity index (χ0n) is 16.2. The molecule has 0 bridgehead atoms. The summed E-state index contributed by atoms with van der Waals surface area (Å²) in [6.45, 7) is 0. The first-order valence-electron chi connectivity index (χ1n) is 9.66. The molecule has 4 rings (SSSR count). The third-order valence-corrected chi connectivity index (χ3v) is 5.69. The Hall–Kier alpha value is -3.37. The van der Waals surface area contributed by atoms with Crippen LogP contribution < -0.4 is 0 Å². The van der Waals surface area contributed by atoms with Crippen LogP contribution in [0.2, 0.25) is 0 Å². The summed E-state index contributed by atoms with van der Waals surface area (Å²) in [5, 5.41) is 2.28. The van der Waals surface area contributed by atoms with Gasteiger partial charge >= 0.3 is 5.97 Å². The highest BCUT2D eigenvalue weighted by molar-refractivity contribution is 8.00. The Bertz CT molecular complexity index is 1160. The first kappa shape index (κ1) is 19.9. The van der Waals surface area contributed by atoms with Crippen molar-refractivity contribution in [3.63, 3.8) is 0 Å². The number of carbonyl (C=O) groups excluding carboxylic acids is 2. The number of rotatable bonds is 7. The van der Waals surface area contributed by atoms with E-state index < -0.39 is 12.1 Å². The van der Waals surface area contributed by atoms with E-state index in [4.69, 9.17) is 4.74 Å². The van der Waals surface area contributed by atoms with Crippen molar-refractivity contribution in [3.05, 3.63) is 114 Å². The van der Waals surface area contributed by atoms with Gasteiger partial charge in [0.15, 0.2) is 6.10 Å². The van der Waals surface area contributed by atoms with Crippen LogP contribution in [0, 0.1) is 0 Å². The van der Waals surface area contributed by atoms with Crippen molar-refractivity contribution in [2.45, 2.75) is 11.0 Å². The van der Waals surface area contributed by atoms with Gasteiger partial charge in [0.25, 0.3) is 0 Å². The summed E-state index contributed by atoms with van der Waals surface area (Å²) < 4.78 is 5.65. The Kier molecular flexibility index (Phi) is 6.26. The van der Waals surface area contributed by atoms with Gasteiger partial charge < -0.3 is 4.74 Å². The summed E-state index contributed by atoms with van der Waals surface area (Å²) in [4.78, 5) is 26.6. The van der Waals surface area contributed by atoms with Crippen LogP contribution in [0.4, 0.5) is 0 Å². The molecule has 0 spiro atoms. The molecule has 0 N–H and O–H groups in total. The third kappa shape index (κ3) is 4.78. The molecule has 30 heavy (non-hydrogen) atoms. The van der Waals surface area contributed by atoms with Crippen LogP contribution in [0.25, 0.3) is 10.8 Å². The maximum Gasteiger partial charge on any atom is 0.317 e. The molecule has 0 amide bonds. The van der Waals surface area contributed by atoms with Gasteiger partial charge in [0.1, 0.15) is 0 Å². The number of thioether (sulfide) groups is 1.